The quantitative estimate of drug-likeness (QED) is 0.871. The monoisotopic (exact) mass is 339 g/mol. The summed E-state index contributed by atoms with van der Waals surface area (Å²) in [5, 5.41) is 12.8. The van der Waals surface area contributed by atoms with Crippen molar-refractivity contribution < 1.29 is 9.53 Å². The zero-order valence-electron chi connectivity index (χ0n) is 12.7. The summed E-state index contributed by atoms with van der Waals surface area (Å²) in [5.74, 6) is 0.881. The Morgan fingerprint density at radius 1 is 1.41 bits per heavy atom. The summed E-state index contributed by atoms with van der Waals surface area (Å²) in [7, 11) is 0. The molecule has 0 aliphatic carbocycles. The average Bonchev–Trinajstić information content (AvgIpc) is 2.84. The molecule has 2 rings (SSSR count). The van der Waals surface area contributed by atoms with Crippen molar-refractivity contribution in [2.75, 3.05) is 11.9 Å². The molecule has 0 aliphatic rings. The minimum Gasteiger partial charge on any atom is -0.483 e. The summed E-state index contributed by atoms with van der Waals surface area (Å²) < 4.78 is 5.48. The molecule has 0 unspecified atom stereocenters. The number of aryl methyl sites for hydroxylation is 1. The van der Waals surface area contributed by atoms with E-state index < -0.39 is 0 Å². The summed E-state index contributed by atoms with van der Waals surface area (Å²) in [6.07, 6.45) is 0.855. The van der Waals surface area contributed by atoms with Gasteiger partial charge in [-0.3, -0.25) is 10.1 Å². The van der Waals surface area contributed by atoms with Gasteiger partial charge in [-0.2, -0.15) is 0 Å². The van der Waals surface area contributed by atoms with Crippen LogP contribution in [0.2, 0.25) is 5.02 Å². The van der Waals surface area contributed by atoms with Gasteiger partial charge in [0, 0.05) is 11.4 Å². The SMILES string of the molecule is Cc1cc(Cl)ccc1OCC(=O)Nc1nnc(CC(C)C)s1. The molecule has 7 heteroatoms. The first-order chi connectivity index (χ1) is 10.4. The van der Waals surface area contributed by atoms with Gasteiger partial charge in [-0.15, -0.1) is 10.2 Å². The number of carbonyl (C=O) groups is 1. The van der Waals surface area contributed by atoms with Crippen molar-refractivity contribution in [1.82, 2.24) is 10.2 Å². The fraction of sp³-hybridized carbons (Fsp3) is 0.400. The van der Waals surface area contributed by atoms with Gasteiger partial charge in [0.15, 0.2) is 6.61 Å². The Kier molecular flexibility index (Phi) is 5.74. The van der Waals surface area contributed by atoms with Gasteiger partial charge in [0.1, 0.15) is 10.8 Å². The van der Waals surface area contributed by atoms with Crippen molar-refractivity contribution in [3.8, 4) is 5.75 Å². The van der Waals surface area contributed by atoms with Crippen molar-refractivity contribution in [2.45, 2.75) is 27.2 Å². The van der Waals surface area contributed by atoms with Crippen molar-refractivity contribution in [3.63, 3.8) is 0 Å². The van der Waals surface area contributed by atoms with Crippen LogP contribution in [0.1, 0.15) is 24.4 Å². The van der Waals surface area contributed by atoms with Crippen LogP contribution in [0.3, 0.4) is 0 Å². The number of nitrogens with one attached hydrogen (secondary N) is 1. The van der Waals surface area contributed by atoms with Gasteiger partial charge < -0.3 is 4.74 Å². The van der Waals surface area contributed by atoms with E-state index in [9.17, 15) is 4.79 Å². The van der Waals surface area contributed by atoms with E-state index >= 15 is 0 Å². The molecule has 1 aromatic heterocycles. The Morgan fingerprint density at radius 2 is 2.18 bits per heavy atom. The van der Waals surface area contributed by atoms with Crippen LogP contribution in [0.15, 0.2) is 18.2 Å². The summed E-state index contributed by atoms with van der Waals surface area (Å²) in [4.78, 5) is 11.9. The number of hydrogen-bond donors (Lipinski definition) is 1. The van der Waals surface area contributed by atoms with E-state index in [-0.39, 0.29) is 12.5 Å². The highest BCUT2D eigenvalue weighted by atomic mass is 35.5. The van der Waals surface area contributed by atoms with E-state index in [1.54, 1.807) is 18.2 Å². The lowest BCUT2D eigenvalue weighted by Gasteiger charge is -2.08. The molecule has 0 fully saturated rings. The highest BCUT2D eigenvalue weighted by Crippen LogP contribution is 2.22. The van der Waals surface area contributed by atoms with Crippen molar-refractivity contribution in [3.05, 3.63) is 33.8 Å². The molecule has 1 heterocycles. The van der Waals surface area contributed by atoms with Crippen LogP contribution >= 0.6 is 22.9 Å². The first-order valence-electron chi connectivity index (χ1n) is 6.95. The van der Waals surface area contributed by atoms with Crippen LogP contribution in [0.4, 0.5) is 5.13 Å². The number of ether oxygens (including phenoxy) is 1. The van der Waals surface area contributed by atoms with E-state index in [2.05, 4.69) is 29.4 Å². The van der Waals surface area contributed by atoms with Crippen molar-refractivity contribution in [2.24, 2.45) is 5.92 Å². The Morgan fingerprint density at radius 3 is 2.86 bits per heavy atom. The van der Waals surface area contributed by atoms with Gasteiger partial charge in [-0.05, 0) is 36.6 Å². The predicted octanol–water partition coefficient (Wildman–Crippen LogP) is 3.72. The lowest BCUT2D eigenvalue weighted by molar-refractivity contribution is -0.118. The van der Waals surface area contributed by atoms with E-state index in [0.717, 1.165) is 17.0 Å². The lowest BCUT2D eigenvalue weighted by atomic mass is 10.1. The van der Waals surface area contributed by atoms with Crippen LogP contribution < -0.4 is 10.1 Å². The molecule has 1 aromatic carbocycles. The van der Waals surface area contributed by atoms with Gasteiger partial charge in [-0.1, -0.05) is 36.8 Å². The fourth-order valence-corrected chi connectivity index (χ4v) is 3.00. The zero-order chi connectivity index (χ0) is 16.1. The summed E-state index contributed by atoms with van der Waals surface area (Å²) in [6.45, 7) is 6.02. The first-order valence-corrected chi connectivity index (χ1v) is 8.14. The van der Waals surface area contributed by atoms with E-state index in [0.29, 0.717) is 21.8 Å². The lowest BCUT2D eigenvalue weighted by Crippen LogP contribution is -2.20. The fourth-order valence-electron chi connectivity index (χ4n) is 1.81. The standard InChI is InChI=1S/C15H18ClN3O2S/c1-9(2)6-14-18-19-15(22-14)17-13(20)8-21-12-5-4-11(16)7-10(12)3/h4-5,7,9H,6,8H2,1-3H3,(H,17,19,20). The van der Waals surface area contributed by atoms with Gasteiger partial charge in [-0.25, -0.2) is 0 Å². The zero-order valence-corrected chi connectivity index (χ0v) is 14.3. The van der Waals surface area contributed by atoms with Crippen LogP contribution in [0, 0.1) is 12.8 Å². The van der Waals surface area contributed by atoms with E-state index in [1.807, 2.05) is 6.92 Å². The highest BCUT2D eigenvalue weighted by Gasteiger charge is 2.10. The second-order valence-corrected chi connectivity index (χ2v) is 6.84. The van der Waals surface area contributed by atoms with Gasteiger partial charge in [0.2, 0.25) is 5.13 Å². The molecule has 1 N–H and O–H groups in total. The average molecular weight is 340 g/mol. The summed E-state index contributed by atoms with van der Waals surface area (Å²) in [5.41, 5.74) is 0.885. The molecule has 2 aromatic rings. The molecular formula is C15H18ClN3O2S. The maximum atomic E-state index is 11.9. The third-order valence-electron chi connectivity index (χ3n) is 2.79. The van der Waals surface area contributed by atoms with Crippen LogP contribution in [0.25, 0.3) is 0 Å². The molecule has 1 amide bonds. The molecule has 0 aliphatic heterocycles. The predicted molar refractivity (Wildman–Crippen MR) is 88.8 cm³/mol. The van der Waals surface area contributed by atoms with Crippen molar-refractivity contribution >= 4 is 34.0 Å². The number of aromatic nitrogens is 2. The van der Waals surface area contributed by atoms with Crippen LogP contribution in [0.5, 0.6) is 5.75 Å². The number of amides is 1. The number of rotatable bonds is 6. The number of carbonyl (C=O) groups excluding carboxylic acids is 1. The molecule has 118 valence electrons. The molecule has 0 bridgehead atoms. The number of anilines is 1. The van der Waals surface area contributed by atoms with Crippen molar-refractivity contribution in [1.29, 1.82) is 0 Å². The Bertz CT molecular complexity index is 658. The largest absolute Gasteiger partial charge is 0.483 e. The number of halogens is 1. The summed E-state index contributed by atoms with van der Waals surface area (Å²) in [6, 6.07) is 5.26. The molecule has 0 radical (unpaired) electrons. The maximum absolute atomic E-state index is 11.9. The third-order valence-corrected chi connectivity index (χ3v) is 3.89. The Hall–Kier alpha value is -1.66. The second-order valence-electron chi connectivity index (χ2n) is 5.35. The molecule has 0 atom stereocenters. The molecule has 22 heavy (non-hydrogen) atoms. The second kappa shape index (κ2) is 7.56. The molecule has 0 spiro atoms. The number of hydrogen-bond acceptors (Lipinski definition) is 5. The molecule has 0 saturated carbocycles. The highest BCUT2D eigenvalue weighted by molar-refractivity contribution is 7.15. The van der Waals surface area contributed by atoms with Crippen LogP contribution in [-0.4, -0.2) is 22.7 Å². The maximum Gasteiger partial charge on any atom is 0.264 e. The first kappa shape index (κ1) is 16.7. The molecular weight excluding hydrogens is 322 g/mol. The van der Waals surface area contributed by atoms with Gasteiger partial charge >= 0.3 is 0 Å². The van der Waals surface area contributed by atoms with Crippen LogP contribution in [-0.2, 0) is 11.2 Å². The van der Waals surface area contributed by atoms with Gasteiger partial charge in [0.25, 0.3) is 5.91 Å². The Balaban J connectivity index is 1.86. The smallest absolute Gasteiger partial charge is 0.264 e. The van der Waals surface area contributed by atoms with E-state index in [1.165, 1.54) is 11.3 Å². The number of nitrogens with zero attached hydrogens (tertiary/aromatic N) is 2. The number of benzene rings is 1. The minimum atomic E-state index is -0.262. The van der Waals surface area contributed by atoms with Gasteiger partial charge in [0.05, 0.1) is 0 Å². The third kappa shape index (κ3) is 4.96. The molecule has 5 nitrogen and oxygen atoms in total. The minimum absolute atomic E-state index is 0.0818. The Labute approximate surface area is 138 Å². The summed E-state index contributed by atoms with van der Waals surface area (Å²) >= 11 is 7.27. The van der Waals surface area contributed by atoms with E-state index in [4.69, 9.17) is 16.3 Å². The normalized spacial score (nSPS) is 10.8. The topological polar surface area (TPSA) is 64.1 Å². The molecule has 0 saturated heterocycles.